The van der Waals surface area contributed by atoms with Crippen LogP contribution in [0.3, 0.4) is 0 Å². The van der Waals surface area contributed by atoms with E-state index in [1.165, 1.54) is 16.6 Å². The molecule has 0 aliphatic rings. The Balaban J connectivity index is 3.16. The number of anilines is 1. The Kier molecular flexibility index (Phi) is 5.72. The Morgan fingerprint density at radius 1 is 1.58 bits per heavy atom. The minimum Gasteiger partial charge on any atom is -0.307 e. The van der Waals surface area contributed by atoms with Gasteiger partial charge >= 0.3 is 0 Å². The average Bonchev–Trinajstić information content (AvgIpc) is 2.38. The van der Waals surface area contributed by atoms with Crippen LogP contribution in [-0.4, -0.2) is 31.3 Å². The molecule has 0 bridgehead atoms. The summed E-state index contributed by atoms with van der Waals surface area (Å²) in [6.45, 7) is 4.49. The number of hydrazine groups is 1. The van der Waals surface area contributed by atoms with Crippen molar-refractivity contribution in [2.75, 3.05) is 19.0 Å². The first kappa shape index (κ1) is 16.4. The fourth-order valence-corrected chi connectivity index (χ4v) is 3.46. The predicted octanol–water partition coefficient (Wildman–Crippen LogP) is 1.80. The second kappa shape index (κ2) is 6.65. The molecule has 1 rings (SSSR count). The van der Waals surface area contributed by atoms with Gasteiger partial charge in [-0.2, -0.15) is 0 Å². The summed E-state index contributed by atoms with van der Waals surface area (Å²) >= 11 is 3.22. The highest BCUT2D eigenvalue weighted by Crippen LogP contribution is 2.25. The van der Waals surface area contributed by atoms with Gasteiger partial charge in [0.2, 0.25) is 10.0 Å². The van der Waals surface area contributed by atoms with Gasteiger partial charge < -0.3 is 5.43 Å². The maximum absolute atomic E-state index is 12.5. The zero-order valence-corrected chi connectivity index (χ0v) is 13.6. The first-order valence-corrected chi connectivity index (χ1v) is 8.14. The summed E-state index contributed by atoms with van der Waals surface area (Å²) in [4.78, 5) is 4.02. The van der Waals surface area contributed by atoms with Crippen LogP contribution in [0.15, 0.2) is 21.6 Å². The van der Waals surface area contributed by atoms with Crippen molar-refractivity contribution in [2.24, 2.45) is 11.8 Å². The first-order chi connectivity index (χ1) is 8.82. The Morgan fingerprint density at radius 2 is 2.21 bits per heavy atom. The van der Waals surface area contributed by atoms with E-state index in [0.717, 1.165) is 6.42 Å². The summed E-state index contributed by atoms with van der Waals surface area (Å²) in [5.41, 5.74) is 2.31. The van der Waals surface area contributed by atoms with Crippen LogP contribution in [0, 0.1) is 5.92 Å². The highest BCUT2D eigenvalue weighted by Gasteiger charge is 2.26. The van der Waals surface area contributed by atoms with Crippen molar-refractivity contribution < 1.29 is 8.42 Å². The molecule has 0 radical (unpaired) electrons. The second-order valence-electron chi connectivity index (χ2n) is 4.44. The van der Waals surface area contributed by atoms with Crippen LogP contribution in [0.4, 0.5) is 5.82 Å². The monoisotopic (exact) mass is 350 g/mol. The number of pyridine rings is 1. The van der Waals surface area contributed by atoms with E-state index in [1.807, 2.05) is 13.8 Å². The summed E-state index contributed by atoms with van der Waals surface area (Å²) in [7, 11) is -2.05. The molecule has 6 nitrogen and oxygen atoms in total. The Morgan fingerprint density at radius 3 is 2.74 bits per heavy atom. The van der Waals surface area contributed by atoms with Crippen molar-refractivity contribution in [3.63, 3.8) is 0 Å². The lowest BCUT2D eigenvalue weighted by atomic mass is 10.1. The van der Waals surface area contributed by atoms with Crippen LogP contribution in [0.5, 0.6) is 0 Å². The van der Waals surface area contributed by atoms with Crippen molar-refractivity contribution in [1.82, 2.24) is 9.29 Å². The quantitative estimate of drug-likeness (QED) is 0.603. The molecular weight excluding hydrogens is 332 g/mol. The zero-order chi connectivity index (χ0) is 14.6. The minimum absolute atomic E-state index is 0.0650. The standard InChI is InChI=1S/C11H19BrN4O2S/c1-4-8(2)7-16(3)19(17,18)10-5-9(12)6-14-11(10)15-13/h5-6,8H,4,7,13H2,1-3H3,(H,14,15). The van der Waals surface area contributed by atoms with E-state index >= 15 is 0 Å². The molecule has 0 amide bonds. The fraction of sp³-hybridized carbons (Fsp3) is 0.545. The smallest absolute Gasteiger partial charge is 0.246 e. The van der Waals surface area contributed by atoms with E-state index in [4.69, 9.17) is 5.84 Å². The van der Waals surface area contributed by atoms with Crippen LogP contribution in [0.25, 0.3) is 0 Å². The maximum Gasteiger partial charge on any atom is 0.246 e. The lowest BCUT2D eigenvalue weighted by Crippen LogP contribution is -2.32. The molecule has 0 saturated carbocycles. The van der Waals surface area contributed by atoms with Crippen molar-refractivity contribution in [3.05, 3.63) is 16.7 Å². The number of nitrogens with two attached hydrogens (primary N) is 1. The van der Waals surface area contributed by atoms with Gasteiger partial charge in [0, 0.05) is 24.3 Å². The van der Waals surface area contributed by atoms with Gasteiger partial charge in [0.1, 0.15) is 4.90 Å². The number of aromatic nitrogens is 1. The molecule has 108 valence electrons. The molecule has 0 saturated heterocycles. The molecule has 0 fully saturated rings. The number of hydrogen-bond acceptors (Lipinski definition) is 5. The van der Waals surface area contributed by atoms with Gasteiger partial charge in [0.25, 0.3) is 0 Å². The highest BCUT2D eigenvalue weighted by atomic mass is 79.9. The number of sulfonamides is 1. The third-order valence-electron chi connectivity index (χ3n) is 2.91. The Hall–Kier alpha value is -0.700. The SMILES string of the molecule is CCC(C)CN(C)S(=O)(=O)c1cc(Br)cnc1NN. The summed E-state index contributed by atoms with van der Waals surface area (Å²) < 4.78 is 26.9. The third-order valence-corrected chi connectivity index (χ3v) is 5.18. The van der Waals surface area contributed by atoms with E-state index < -0.39 is 10.0 Å². The number of nitrogens with zero attached hydrogens (tertiary/aromatic N) is 2. The van der Waals surface area contributed by atoms with Gasteiger partial charge in [-0.25, -0.2) is 23.5 Å². The number of nitrogen functional groups attached to an aromatic ring is 1. The third kappa shape index (κ3) is 3.88. The summed E-state index contributed by atoms with van der Waals surface area (Å²) in [6, 6.07) is 1.49. The number of rotatable bonds is 6. The molecule has 0 spiro atoms. The molecule has 1 aromatic heterocycles. The maximum atomic E-state index is 12.5. The number of nitrogens with one attached hydrogen (secondary N) is 1. The zero-order valence-electron chi connectivity index (χ0n) is 11.2. The van der Waals surface area contributed by atoms with E-state index in [0.29, 0.717) is 11.0 Å². The molecule has 1 heterocycles. The normalized spacial score (nSPS) is 13.6. The Labute approximate surface area is 122 Å². The number of hydrogen-bond donors (Lipinski definition) is 2. The topological polar surface area (TPSA) is 88.3 Å². The van der Waals surface area contributed by atoms with Crippen LogP contribution in [0.1, 0.15) is 20.3 Å². The second-order valence-corrected chi connectivity index (χ2v) is 7.37. The van der Waals surface area contributed by atoms with E-state index in [9.17, 15) is 8.42 Å². The molecule has 8 heteroatoms. The molecule has 0 aromatic carbocycles. The lowest BCUT2D eigenvalue weighted by molar-refractivity contribution is 0.393. The summed E-state index contributed by atoms with van der Waals surface area (Å²) in [5, 5.41) is 0. The van der Waals surface area contributed by atoms with Crippen molar-refractivity contribution in [3.8, 4) is 0 Å². The largest absolute Gasteiger partial charge is 0.307 e. The van der Waals surface area contributed by atoms with E-state index in [-0.39, 0.29) is 16.6 Å². The van der Waals surface area contributed by atoms with Crippen LogP contribution < -0.4 is 11.3 Å². The van der Waals surface area contributed by atoms with Crippen molar-refractivity contribution in [2.45, 2.75) is 25.2 Å². The van der Waals surface area contributed by atoms with Crippen LogP contribution >= 0.6 is 15.9 Å². The van der Waals surface area contributed by atoms with Gasteiger partial charge in [-0.1, -0.05) is 20.3 Å². The molecular formula is C11H19BrN4O2S. The van der Waals surface area contributed by atoms with Gasteiger partial charge in [0.15, 0.2) is 5.82 Å². The molecule has 1 atom stereocenters. The first-order valence-electron chi connectivity index (χ1n) is 5.91. The minimum atomic E-state index is -3.61. The molecule has 1 aromatic rings. The fourth-order valence-electron chi connectivity index (χ4n) is 1.56. The van der Waals surface area contributed by atoms with E-state index in [1.54, 1.807) is 7.05 Å². The van der Waals surface area contributed by atoms with Crippen molar-refractivity contribution >= 4 is 31.8 Å². The van der Waals surface area contributed by atoms with E-state index in [2.05, 4.69) is 26.3 Å². The average molecular weight is 351 g/mol. The van der Waals surface area contributed by atoms with Gasteiger partial charge in [-0.15, -0.1) is 0 Å². The highest BCUT2D eigenvalue weighted by molar-refractivity contribution is 9.10. The van der Waals surface area contributed by atoms with Gasteiger partial charge in [-0.05, 0) is 27.9 Å². The van der Waals surface area contributed by atoms with Gasteiger partial charge in [-0.3, -0.25) is 0 Å². The molecule has 0 aliphatic heterocycles. The molecule has 0 aliphatic carbocycles. The molecule has 1 unspecified atom stereocenters. The van der Waals surface area contributed by atoms with Crippen LogP contribution in [0.2, 0.25) is 0 Å². The predicted molar refractivity (Wildman–Crippen MR) is 79.0 cm³/mol. The Bertz CT molecular complexity index is 535. The van der Waals surface area contributed by atoms with Crippen molar-refractivity contribution in [1.29, 1.82) is 0 Å². The lowest BCUT2D eigenvalue weighted by Gasteiger charge is -2.21. The molecule has 3 N–H and O–H groups in total. The van der Waals surface area contributed by atoms with Gasteiger partial charge in [0.05, 0.1) is 0 Å². The number of halogens is 1. The summed E-state index contributed by atoms with van der Waals surface area (Å²) in [6.07, 6.45) is 2.40. The summed E-state index contributed by atoms with van der Waals surface area (Å²) in [5.74, 6) is 5.74. The molecule has 19 heavy (non-hydrogen) atoms. The van der Waals surface area contributed by atoms with Crippen LogP contribution in [-0.2, 0) is 10.0 Å².